The summed E-state index contributed by atoms with van der Waals surface area (Å²) in [5.41, 5.74) is 2.73. The molecule has 0 aliphatic heterocycles. The van der Waals surface area contributed by atoms with E-state index in [9.17, 15) is 0 Å². The molecule has 1 aromatic heterocycles. The van der Waals surface area contributed by atoms with Crippen molar-refractivity contribution in [1.29, 1.82) is 0 Å². The van der Waals surface area contributed by atoms with Crippen LogP contribution in [0.2, 0.25) is 10.3 Å². The molecule has 0 N–H and O–H groups in total. The van der Waals surface area contributed by atoms with Crippen LogP contribution in [-0.2, 0) is 11.2 Å². The second-order valence-corrected chi connectivity index (χ2v) is 5.07. The highest BCUT2D eigenvalue weighted by molar-refractivity contribution is 6.37. The standard InChI is InChI=1S/C15H16Cl2N2O/c1-3-20-9-8-12-18-14(16)13(15(17)19-12)11-7-5-4-6-10(11)2/h4-7H,3,8-9H2,1-2H3. The van der Waals surface area contributed by atoms with E-state index >= 15 is 0 Å². The summed E-state index contributed by atoms with van der Waals surface area (Å²) >= 11 is 12.6. The summed E-state index contributed by atoms with van der Waals surface area (Å²) in [4.78, 5) is 8.63. The fourth-order valence-electron chi connectivity index (χ4n) is 1.94. The van der Waals surface area contributed by atoms with Crippen molar-refractivity contribution < 1.29 is 4.74 Å². The molecule has 1 heterocycles. The molecule has 0 aliphatic rings. The molecule has 106 valence electrons. The Morgan fingerprint density at radius 3 is 2.35 bits per heavy atom. The van der Waals surface area contributed by atoms with Gasteiger partial charge in [-0.25, -0.2) is 9.97 Å². The fraction of sp³-hybridized carbons (Fsp3) is 0.333. The number of hydrogen-bond donors (Lipinski definition) is 0. The lowest BCUT2D eigenvalue weighted by molar-refractivity contribution is 0.149. The summed E-state index contributed by atoms with van der Waals surface area (Å²) in [5.74, 6) is 0.603. The molecule has 1 aromatic carbocycles. The van der Waals surface area contributed by atoms with Crippen molar-refractivity contribution in [2.24, 2.45) is 0 Å². The second kappa shape index (κ2) is 7.02. The van der Waals surface area contributed by atoms with Crippen LogP contribution in [0.1, 0.15) is 18.3 Å². The van der Waals surface area contributed by atoms with Crippen LogP contribution in [0.5, 0.6) is 0 Å². The molecule has 0 aliphatic carbocycles. The molecule has 2 rings (SSSR count). The van der Waals surface area contributed by atoms with Gasteiger partial charge in [0.2, 0.25) is 0 Å². The van der Waals surface area contributed by atoms with Crippen molar-refractivity contribution in [3.05, 3.63) is 46.0 Å². The van der Waals surface area contributed by atoms with Crippen LogP contribution in [0, 0.1) is 6.92 Å². The molecule has 0 radical (unpaired) electrons. The number of nitrogens with zero attached hydrogens (tertiary/aromatic N) is 2. The third-order valence-electron chi connectivity index (χ3n) is 2.96. The van der Waals surface area contributed by atoms with E-state index in [1.807, 2.05) is 38.1 Å². The Hall–Kier alpha value is -1.16. The third kappa shape index (κ3) is 3.48. The Morgan fingerprint density at radius 2 is 1.75 bits per heavy atom. The van der Waals surface area contributed by atoms with Gasteiger partial charge in [0, 0.05) is 13.0 Å². The van der Waals surface area contributed by atoms with Gasteiger partial charge in [-0.1, -0.05) is 47.5 Å². The molecule has 0 amide bonds. The maximum atomic E-state index is 6.28. The molecule has 0 spiro atoms. The van der Waals surface area contributed by atoms with Crippen molar-refractivity contribution in [3.63, 3.8) is 0 Å². The molecular weight excluding hydrogens is 295 g/mol. The second-order valence-electron chi connectivity index (χ2n) is 4.36. The number of aryl methyl sites for hydroxylation is 1. The minimum Gasteiger partial charge on any atom is -0.381 e. The number of benzene rings is 1. The zero-order valence-electron chi connectivity index (χ0n) is 11.5. The van der Waals surface area contributed by atoms with Gasteiger partial charge in [0.1, 0.15) is 16.1 Å². The molecule has 0 unspecified atom stereocenters. The van der Waals surface area contributed by atoms with Crippen molar-refractivity contribution in [3.8, 4) is 11.1 Å². The summed E-state index contributed by atoms with van der Waals surface area (Å²) in [6.07, 6.45) is 0.599. The average Bonchev–Trinajstić information content (AvgIpc) is 2.40. The van der Waals surface area contributed by atoms with Gasteiger partial charge in [-0.2, -0.15) is 0 Å². The smallest absolute Gasteiger partial charge is 0.142 e. The molecule has 0 bridgehead atoms. The largest absolute Gasteiger partial charge is 0.381 e. The van der Waals surface area contributed by atoms with Gasteiger partial charge in [-0.15, -0.1) is 0 Å². The van der Waals surface area contributed by atoms with Gasteiger partial charge in [-0.05, 0) is 25.0 Å². The predicted octanol–water partition coefficient (Wildman–Crippen LogP) is 4.34. The highest BCUT2D eigenvalue weighted by Gasteiger charge is 2.15. The quantitative estimate of drug-likeness (QED) is 0.608. The molecule has 0 fully saturated rings. The van der Waals surface area contributed by atoms with Crippen molar-refractivity contribution >= 4 is 23.2 Å². The summed E-state index contributed by atoms with van der Waals surface area (Å²) < 4.78 is 5.28. The molecule has 20 heavy (non-hydrogen) atoms. The zero-order chi connectivity index (χ0) is 14.5. The van der Waals surface area contributed by atoms with Crippen LogP contribution in [0.15, 0.2) is 24.3 Å². The minimum absolute atomic E-state index is 0.380. The molecular formula is C15H16Cl2N2O. The Bertz CT molecular complexity index is 579. The Kier molecular flexibility index (Phi) is 5.35. The molecule has 3 nitrogen and oxygen atoms in total. The summed E-state index contributed by atoms with van der Waals surface area (Å²) in [6, 6.07) is 7.88. The first-order valence-corrected chi connectivity index (χ1v) is 7.24. The third-order valence-corrected chi connectivity index (χ3v) is 3.50. The first-order valence-electron chi connectivity index (χ1n) is 6.49. The Labute approximate surface area is 128 Å². The lowest BCUT2D eigenvalue weighted by Crippen LogP contribution is -2.04. The van der Waals surface area contributed by atoms with Gasteiger partial charge in [0.15, 0.2) is 0 Å². The van der Waals surface area contributed by atoms with E-state index in [-0.39, 0.29) is 0 Å². The highest BCUT2D eigenvalue weighted by Crippen LogP contribution is 2.34. The molecule has 0 atom stereocenters. The van der Waals surface area contributed by atoms with E-state index in [4.69, 9.17) is 27.9 Å². The van der Waals surface area contributed by atoms with Gasteiger partial charge in [0.05, 0.1) is 12.2 Å². The van der Waals surface area contributed by atoms with Gasteiger partial charge in [0.25, 0.3) is 0 Å². The molecule has 2 aromatic rings. The topological polar surface area (TPSA) is 35.0 Å². The van der Waals surface area contributed by atoms with E-state index in [1.165, 1.54) is 0 Å². The number of halogens is 2. The first kappa shape index (κ1) is 15.2. The van der Waals surface area contributed by atoms with Crippen LogP contribution in [0.4, 0.5) is 0 Å². The van der Waals surface area contributed by atoms with E-state index < -0.39 is 0 Å². The summed E-state index contributed by atoms with van der Waals surface area (Å²) in [6.45, 7) is 5.18. The van der Waals surface area contributed by atoms with E-state index in [0.717, 1.165) is 11.1 Å². The monoisotopic (exact) mass is 310 g/mol. The maximum Gasteiger partial charge on any atom is 0.142 e. The van der Waals surface area contributed by atoms with Crippen LogP contribution < -0.4 is 0 Å². The molecule has 5 heteroatoms. The lowest BCUT2D eigenvalue weighted by atomic mass is 10.0. The zero-order valence-corrected chi connectivity index (χ0v) is 13.0. The summed E-state index contributed by atoms with van der Waals surface area (Å²) in [7, 11) is 0. The van der Waals surface area contributed by atoms with E-state index in [0.29, 0.717) is 41.3 Å². The highest BCUT2D eigenvalue weighted by atomic mass is 35.5. The lowest BCUT2D eigenvalue weighted by Gasteiger charge is -2.10. The SMILES string of the molecule is CCOCCc1nc(Cl)c(-c2ccccc2C)c(Cl)n1. The molecule has 0 saturated heterocycles. The van der Waals surface area contributed by atoms with Gasteiger partial charge >= 0.3 is 0 Å². The fourth-order valence-corrected chi connectivity index (χ4v) is 2.57. The van der Waals surface area contributed by atoms with Crippen LogP contribution >= 0.6 is 23.2 Å². The van der Waals surface area contributed by atoms with E-state index in [1.54, 1.807) is 0 Å². The van der Waals surface area contributed by atoms with Crippen LogP contribution in [-0.4, -0.2) is 23.2 Å². The predicted molar refractivity (Wildman–Crippen MR) is 82.4 cm³/mol. The Balaban J connectivity index is 2.34. The number of aromatic nitrogens is 2. The Morgan fingerprint density at radius 1 is 1.10 bits per heavy atom. The molecule has 0 saturated carbocycles. The maximum absolute atomic E-state index is 6.28. The van der Waals surface area contributed by atoms with Crippen LogP contribution in [0.3, 0.4) is 0 Å². The summed E-state index contributed by atoms with van der Waals surface area (Å²) in [5, 5.41) is 0.761. The average molecular weight is 311 g/mol. The van der Waals surface area contributed by atoms with Crippen molar-refractivity contribution in [2.45, 2.75) is 20.3 Å². The van der Waals surface area contributed by atoms with Crippen LogP contribution in [0.25, 0.3) is 11.1 Å². The normalized spacial score (nSPS) is 10.8. The van der Waals surface area contributed by atoms with Gasteiger partial charge < -0.3 is 4.74 Å². The van der Waals surface area contributed by atoms with Crippen molar-refractivity contribution in [2.75, 3.05) is 13.2 Å². The number of ether oxygens (including phenoxy) is 1. The first-order chi connectivity index (χ1) is 9.63. The van der Waals surface area contributed by atoms with E-state index in [2.05, 4.69) is 9.97 Å². The number of hydrogen-bond acceptors (Lipinski definition) is 3. The van der Waals surface area contributed by atoms with Gasteiger partial charge in [-0.3, -0.25) is 0 Å². The van der Waals surface area contributed by atoms with Crippen molar-refractivity contribution in [1.82, 2.24) is 9.97 Å². The minimum atomic E-state index is 0.380. The number of rotatable bonds is 5.